The Morgan fingerprint density at radius 2 is 1.56 bits per heavy atom. The molecule has 0 bridgehead atoms. The molecule has 1 aromatic heterocycles. The molecule has 0 fully saturated rings. The molecule has 3 rings (SSSR count). The summed E-state index contributed by atoms with van der Waals surface area (Å²) in [7, 11) is 0. The van der Waals surface area contributed by atoms with Crippen LogP contribution in [0.3, 0.4) is 0 Å². The van der Waals surface area contributed by atoms with Crippen LogP contribution in [0.2, 0.25) is 0 Å². The summed E-state index contributed by atoms with van der Waals surface area (Å²) in [4.78, 5) is 31.9. The number of nitrogens with two attached hydrogens (primary N) is 1. The van der Waals surface area contributed by atoms with Crippen molar-refractivity contribution >= 4 is 11.9 Å². The monoisotopic (exact) mass is 333 g/mol. The number of esters is 1. The number of aromatic nitrogens is 2. The fourth-order valence-electron chi connectivity index (χ4n) is 2.28. The normalized spacial score (nSPS) is 10.2. The van der Waals surface area contributed by atoms with E-state index in [4.69, 9.17) is 10.5 Å². The van der Waals surface area contributed by atoms with Gasteiger partial charge >= 0.3 is 5.97 Å². The number of primary amides is 1. The number of hydrogen-bond acceptors (Lipinski definition) is 5. The van der Waals surface area contributed by atoms with E-state index in [2.05, 4.69) is 9.97 Å². The number of nitrogens with zero attached hydrogens (tertiary/aromatic N) is 2. The van der Waals surface area contributed by atoms with Gasteiger partial charge in [-0.05, 0) is 6.07 Å². The minimum atomic E-state index is -0.570. The Morgan fingerprint density at radius 3 is 2.24 bits per heavy atom. The minimum Gasteiger partial charge on any atom is -0.457 e. The Balaban J connectivity index is 1.69. The fraction of sp³-hybridized carbons (Fsp3) is 0.0526. The molecule has 25 heavy (non-hydrogen) atoms. The van der Waals surface area contributed by atoms with Crippen molar-refractivity contribution in [1.82, 2.24) is 9.97 Å². The van der Waals surface area contributed by atoms with Crippen LogP contribution in [0, 0.1) is 0 Å². The van der Waals surface area contributed by atoms with E-state index >= 15 is 0 Å². The van der Waals surface area contributed by atoms with Gasteiger partial charge in [-0.1, -0.05) is 48.5 Å². The van der Waals surface area contributed by atoms with Crippen LogP contribution in [-0.2, 0) is 11.3 Å². The molecule has 0 radical (unpaired) electrons. The average Bonchev–Trinajstić information content (AvgIpc) is 2.67. The Bertz CT molecular complexity index is 893. The van der Waals surface area contributed by atoms with Gasteiger partial charge in [-0.15, -0.1) is 0 Å². The van der Waals surface area contributed by atoms with Gasteiger partial charge in [0.2, 0.25) is 5.91 Å². The van der Waals surface area contributed by atoms with Gasteiger partial charge in [-0.3, -0.25) is 4.79 Å². The number of ether oxygens (including phenoxy) is 1. The summed E-state index contributed by atoms with van der Waals surface area (Å²) in [5, 5.41) is 0. The lowest BCUT2D eigenvalue weighted by atomic mass is 10.1. The average molecular weight is 333 g/mol. The molecule has 124 valence electrons. The van der Waals surface area contributed by atoms with E-state index in [1.807, 2.05) is 30.3 Å². The molecule has 0 unspecified atom stereocenters. The first kappa shape index (κ1) is 16.3. The van der Waals surface area contributed by atoms with Crippen LogP contribution in [0.1, 0.15) is 26.3 Å². The third-order valence-electron chi connectivity index (χ3n) is 3.56. The molecule has 0 atom stereocenters. The summed E-state index contributed by atoms with van der Waals surface area (Å²) >= 11 is 0. The van der Waals surface area contributed by atoms with Crippen molar-refractivity contribution in [3.05, 3.63) is 83.7 Å². The highest BCUT2D eigenvalue weighted by molar-refractivity contribution is 5.94. The van der Waals surface area contributed by atoms with E-state index in [-0.39, 0.29) is 12.2 Å². The van der Waals surface area contributed by atoms with Crippen LogP contribution in [0.25, 0.3) is 11.4 Å². The number of rotatable bonds is 5. The number of carbonyl (C=O) groups is 2. The molecular weight excluding hydrogens is 318 g/mol. The van der Waals surface area contributed by atoms with Crippen molar-refractivity contribution in [2.45, 2.75) is 6.61 Å². The topological polar surface area (TPSA) is 95.2 Å². The van der Waals surface area contributed by atoms with Crippen molar-refractivity contribution < 1.29 is 14.3 Å². The predicted molar refractivity (Wildman–Crippen MR) is 91.5 cm³/mol. The van der Waals surface area contributed by atoms with Crippen LogP contribution < -0.4 is 5.73 Å². The zero-order valence-corrected chi connectivity index (χ0v) is 13.3. The highest BCUT2D eigenvalue weighted by Crippen LogP contribution is 2.14. The standard InChI is InChI=1S/C19H15N3O3/c20-17(23)16-9-5-4-8-14(16)12-25-19(24)15-10-21-18(22-11-15)13-6-2-1-3-7-13/h1-11H,12H2,(H2,20,23). The van der Waals surface area contributed by atoms with Gasteiger partial charge in [0.15, 0.2) is 5.82 Å². The lowest BCUT2D eigenvalue weighted by Gasteiger charge is -2.08. The highest BCUT2D eigenvalue weighted by Gasteiger charge is 2.12. The smallest absolute Gasteiger partial charge is 0.341 e. The lowest BCUT2D eigenvalue weighted by molar-refractivity contribution is 0.0469. The summed E-state index contributed by atoms with van der Waals surface area (Å²) in [5.41, 5.74) is 7.27. The second-order valence-corrected chi connectivity index (χ2v) is 5.26. The second-order valence-electron chi connectivity index (χ2n) is 5.26. The predicted octanol–water partition coefficient (Wildman–Crippen LogP) is 2.60. The van der Waals surface area contributed by atoms with Gasteiger partial charge in [0.1, 0.15) is 6.61 Å². The van der Waals surface area contributed by atoms with E-state index in [1.165, 1.54) is 12.4 Å². The Morgan fingerprint density at radius 1 is 0.920 bits per heavy atom. The minimum absolute atomic E-state index is 0.0572. The van der Waals surface area contributed by atoms with Gasteiger partial charge < -0.3 is 10.5 Å². The molecular formula is C19H15N3O3. The zero-order valence-electron chi connectivity index (χ0n) is 13.3. The van der Waals surface area contributed by atoms with Crippen LogP contribution in [0.4, 0.5) is 0 Å². The van der Waals surface area contributed by atoms with Crippen LogP contribution in [-0.4, -0.2) is 21.8 Å². The van der Waals surface area contributed by atoms with Gasteiger partial charge in [-0.2, -0.15) is 0 Å². The van der Waals surface area contributed by atoms with Gasteiger partial charge in [-0.25, -0.2) is 14.8 Å². The molecule has 1 amide bonds. The molecule has 0 aliphatic rings. The van der Waals surface area contributed by atoms with Crippen LogP contribution >= 0.6 is 0 Å². The first-order valence-electron chi connectivity index (χ1n) is 7.57. The number of benzene rings is 2. The lowest BCUT2D eigenvalue weighted by Crippen LogP contribution is -2.15. The third-order valence-corrected chi connectivity index (χ3v) is 3.56. The molecule has 3 aromatic rings. The van der Waals surface area contributed by atoms with E-state index < -0.39 is 11.9 Å². The van der Waals surface area contributed by atoms with Gasteiger partial charge in [0.05, 0.1) is 5.56 Å². The Hall–Kier alpha value is -3.54. The van der Waals surface area contributed by atoms with Crippen molar-refractivity contribution in [2.24, 2.45) is 5.73 Å². The fourth-order valence-corrected chi connectivity index (χ4v) is 2.28. The number of carbonyl (C=O) groups excluding carboxylic acids is 2. The first-order valence-corrected chi connectivity index (χ1v) is 7.57. The number of hydrogen-bond donors (Lipinski definition) is 1. The van der Waals surface area contributed by atoms with E-state index in [1.54, 1.807) is 24.3 Å². The molecule has 1 heterocycles. The quantitative estimate of drug-likeness (QED) is 0.724. The first-order chi connectivity index (χ1) is 12.1. The largest absolute Gasteiger partial charge is 0.457 e. The van der Waals surface area contributed by atoms with Crippen molar-refractivity contribution in [1.29, 1.82) is 0 Å². The summed E-state index contributed by atoms with van der Waals surface area (Å²) in [6.07, 6.45) is 2.83. The molecule has 0 aliphatic carbocycles. The molecule has 0 aliphatic heterocycles. The second kappa shape index (κ2) is 7.35. The molecule has 0 saturated heterocycles. The maximum absolute atomic E-state index is 12.1. The summed E-state index contributed by atoms with van der Waals surface area (Å²) in [6, 6.07) is 16.1. The van der Waals surface area contributed by atoms with Crippen molar-refractivity contribution in [2.75, 3.05) is 0 Å². The van der Waals surface area contributed by atoms with Crippen LogP contribution in [0.5, 0.6) is 0 Å². The Labute approximate surface area is 144 Å². The maximum atomic E-state index is 12.1. The van der Waals surface area contributed by atoms with E-state index in [0.29, 0.717) is 17.0 Å². The molecule has 6 nitrogen and oxygen atoms in total. The maximum Gasteiger partial charge on any atom is 0.341 e. The molecule has 0 spiro atoms. The molecule has 2 N–H and O–H groups in total. The van der Waals surface area contributed by atoms with Gasteiger partial charge in [0, 0.05) is 29.1 Å². The summed E-state index contributed by atoms with van der Waals surface area (Å²) < 4.78 is 5.22. The van der Waals surface area contributed by atoms with E-state index in [9.17, 15) is 9.59 Å². The van der Waals surface area contributed by atoms with E-state index in [0.717, 1.165) is 5.56 Å². The highest BCUT2D eigenvalue weighted by atomic mass is 16.5. The third kappa shape index (κ3) is 3.87. The summed E-state index contributed by atoms with van der Waals surface area (Å²) in [6.45, 7) is -0.0572. The van der Waals surface area contributed by atoms with Gasteiger partial charge in [0.25, 0.3) is 0 Å². The molecule has 6 heteroatoms. The SMILES string of the molecule is NC(=O)c1ccccc1COC(=O)c1cnc(-c2ccccc2)nc1. The van der Waals surface area contributed by atoms with Crippen molar-refractivity contribution in [3.8, 4) is 11.4 Å². The molecule has 0 saturated carbocycles. The number of amides is 1. The van der Waals surface area contributed by atoms with Crippen molar-refractivity contribution in [3.63, 3.8) is 0 Å². The molecule has 2 aromatic carbocycles. The summed E-state index contributed by atoms with van der Waals surface area (Å²) in [5.74, 6) is -0.614. The van der Waals surface area contributed by atoms with Crippen LogP contribution in [0.15, 0.2) is 67.0 Å². The zero-order chi connectivity index (χ0) is 17.6. The Kier molecular flexibility index (Phi) is 4.80.